The highest BCUT2D eigenvalue weighted by atomic mass is 16.3. The van der Waals surface area contributed by atoms with Crippen molar-refractivity contribution in [3.8, 4) is 11.5 Å². The van der Waals surface area contributed by atoms with Crippen molar-refractivity contribution in [2.75, 3.05) is 13.6 Å². The van der Waals surface area contributed by atoms with Crippen LogP contribution in [-0.4, -0.2) is 39.9 Å². The molecule has 5 nitrogen and oxygen atoms in total. The van der Waals surface area contributed by atoms with Crippen molar-refractivity contribution in [3.63, 3.8) is 0 Å². The van der Waals surface area contributed by atoms with Gasteiger partial charge in [-0.25, -0.2) is 0 Å². The molecule has 0 spiro atoms. The van der Waals surface area contributed by atoms with E-state index in [0.29, 0.717) is 5.92 Å². The molecule has 0 aliphatic heterocycles. The third-order valence-electron chi connectivity index (χ3n) is 4.56. The monoisotopic (exact) mass is 303 g/mol. The van der Waals surface area contributed by atoms with Gasteiger partial charge in [-0.15, -0.1) is 0 Å². The van der Waals surface area contributed by atoms with E-state index < -0.39 is 0 Å². The third-order valence-corrected chi connectivity index (χ3v) is 4.56. The summed E-state index contributed by atoms with van der Waals surface area (Å²) in [6, 6.07) is 3.93. The molecular weight excluding hydrogens is 278 g/mol. The molecule has 3 rings (SSSR count). The van der Waals surface area contributed by atoms with Crippen LogP contribution in [0, 0.1) is 12.8 Å². The molecular formula is C17H25N3O2. The lowest BCUT2D eigenvalue weighted by Gasteiger charge is -2.31. The van der Waals surface area contributed by atoms with Crippen molar-refractivity contribution in [1.82, 2.24) is 15.1 Å². The van der Waals surface area contributed by atoms with Gasteiger partial charge < -0.3 is 14.4 Å². The number of hydrogen-bond donors (Lipinski definition) is 2. The number of aryl methyl sites for hydroxylation is 1. The number of nitrogens with zero attached hydrogens (tertiary/aromatic N) is 2. The summed E-state index contributed by atoms with van der Waals surface area (Å²) in [6.45, 7) is 3.66. The number of hydrogen-bond acceptors (Lipinski definition) is 4. The van der Waals surface area contributed by atoms with Crippen LogP contribution in [0.5, 0.6) is 0 Å². The molecule has 0 saturated heterocycles. The van der Waals surface area contributed by atoms with E-state index in [9.17, 15) is 5.11 Å². The van der Waals surface area contributed by atoms with Crippen molar-refractivity contribution in [3.05, 3.63) is 29.7 Å². The molecule has 2 heterocycles. The van der Waals surface area contributed by atoms with Crippen LogP contribution in [0.15, 0.2) is 22.7 Å². The molecule has 2 aromatic heterocycles. The van der Waals surface area contributed by atoms with E-state index in [1.54, 1.807) is 0 Å². The summed E-state index contributed by atoms with van der Waals surface area (Å²) >= 11 is 0. The summed E-state index contributed by atoms with van der Waals surface area (Å²) < 4.78 is 5.69. The van der Waals surface area contributed by atoms with Gasteiger partial charge in [-0.05, 0) is 44.9 Å². The van der Waals surface area contributed by atoms with Gasteiger partial charge in [-0.2, -0.15) is 5.10 Å². The number of aromatic nitrogens is 2. The molecule has 1 saturated carbocycles. The Kier molecular flexibility index (Phi) is 4.64. The zero-order chi connectivity index (χ0) is 15.5. The highest BCUT2D eigenvalue weighted by molar-refractivity contribution is 5.56. The minimum Gasteiger partial charge on any atom is -0.460 e. The number of aliphatic hydroxyl groups is 1. The molecule has 0 amide bonds. The van der Waals surface area contributed by atoms with Gasteiger partial charge in [-0.1, -0.05) is 12.8 Å². The Hall–Kier alpha value is -1.59. The van der Waals surface area contributed by atoms with E-state index in [-0.39, 0.29) is 6.10 Å². The van der Waals surface area contributed by atoms with Crippen LogP contribution in [0.3, 0.4) is 0 Å². The maximum atomic E-state index is 10.1. The summed E-state index contributed by atoms with van der Waals surface area (Å²) in [5.41, 5.74) is 2.08. The van der Waals surface area contributed by atoms with Gasteiger partial charge in [0.25, 0.3) is 0 Å². The second-order valence-electron chi connectivity index (χ2n) is 6.49. The smallest absolute Gasteiger partial charge is 0.152 e. The van der Waals surface area contributed by atoms with Crippen LogP contribution < -0.4 is 0 Å². The Bertz CT molecular complexity index is 605. The van der Waals surface area contributed by atoms with Crippen molar-refractivity contribution in [2.24, 2.45) is 5.92 Å². The molecule has 2 N–H and O–H groups in total. The fraction of sp³-hybridized carbons (Fsp3) is 0.588. The van der Waals surface area contributed by atoms with Crippen molar-refractivity contribution in [1.29, 1.82) is 0 Å². The quantitative estimate of drug-likeness (QED) is 0.891. The lowest BCUT2D eigenvalue weighted by molar-refractivity contribution is 0.0502. The molecule has 5 heteroatoms. The lowest BCUT2D eigenvalue weighted by Crippen LogP contribution is -2.34. The van der Waals surface area contributed by atoms with Gasteiger partial charge in [0.1, 0.15) is 11.5 Å². The molecule has 0 bridgehead atoms. The Labute approximate surface area is 131 Å². The minimum atomic E-state index is -0.146. The second-order valence-corrected chi connectivity index (χ2v) is 6.49. The van der Waals surface area contributed by atoms with Crippen LogP contribution in [0.25, 0.3) is 11.5 Å². The van der Waals surface area contributed by atoms with E-state index in [0.717, 1.165) is 55.1 Å². The molecule has 120 valence electrons. The first-order valence-corrected chi connectivity index (χ1v) is 8.09. The standard InChI is InChI=1S/C17H25N3O2/c1-12-7-8-16(22-12)17-14(9-18-19-17)11-20(2)10-13-5-3-4-6-15(13)21/h7-9,13,15,21H,3-6,10-11H2,1-2H3,(H,18,19). The zero-order valence-electron chi connectivity index (χ0n) is 13.4. The summed E-state index contributed by atoms with van der Waals surface area (Å²) in [5.74, 6) is 2.12. The van der Waals surface area contributed by atoms with Gasteiger partial charge in [0, 0.05) is 18.7 Å². The van der Waals surface area contributed by atoms with E-state index in [2.05, 4.69) is 22.1 Å². The first-order chi connectivity index (χ1) is 10.6. The number of H-pyrrole nitrogens is 1. The fourth-order valence-electron chi connectivity index (χ4n) is 3.37. The molecule has 2 atom stereocenters. The largest absolute Gasteiger partial charge is 0.460 e. The summed E-state index contributed by atoms with van der Waals surface area (Å²) in [7, 11) is 2.10. The number of nitrogens with one attached hydrogen (secondary N) is 1. The molecule has 1 aliphatic carbocycles. The predicted molar refractivity (Wildman–Crippen MR) is 85.3 cm³/mol. The number of aromatic amines is 1. The molecule has 2 unspecified atom stereocenters. The minimum absolute atomic E-state index is 0.146. The van der Waals surface area contributed by atoms with E-state index in [1.807, 2.05) is 25.3 Å². The van der Waals surface area contributed by atoms with Gasteiger partial charge in [-0.3, -0.25) is 5.10 Å². The fourth-order valence-corrected chi connectivity index (χ4v) is 3.37. The predicted octanol–water partition coefficient (Wildman–Crippen LogP) is 2.96. The summed E-state index contributed by atoms with van der Waals surface area (Å²) in [5, 5.41) is 17.3. The maximum Gasteiger partial charge on any atom is 0.152 e. The van der Waals surface area contributed by atoms with Crippen molar-refractivity contribution in [2.45, 2.75) is 45.3 Å². The SMILES string of the molecule is Cc1ccc(-c2[nH]ncc2CN(C)CC2CCCCC2O)o1. The topological polar surface area (TPSA) is 65.3 Å². The summed E-state index contributed by atoms with van der Waals surface area (Å²) in [4.78, 5) is 2.27. The van der Waals surface area contributed by atoms with E-state index in [1.165, 1.54) is 6.42 Å². The Balaban J connectivity index is 1.64. The van der Waals surface area contributed by atoms with E-state index in [4.69, 9.17) is 4.42 Å². The van der Waals surface area contributed by atoms with Gasteiger partial charge in [0.2, 0.25) is 0 Å². The number of furan rings is 1. The zero-order valence-corrected chi connectivity index (χ0v) is 13.4. The molecule has 0 aromatic carbocycles. The molecule has 1 aliphatic rings. The van der Waals surface area contributed by atoms with Crippen molar-refractivity contribution >= 4 is 0 Å². The molecule has 1 fully saturated rings. The number of rotatable bonds is 5. The maximum absolute atomic E-state index is 10.1. The van der Waals surface area contributed by atoms with Crippen LogP contribution in [0.4, 0.5) is 0 Å². The average molecular weight is 303 g/mol. The first kappa shape index (κ1) is 15.3. The van der Waals surface area contributed by atoms with Gasteiger partial charge >= 0.3 is 0 Å². The first-order valence-electron chi connectivity index (χ1n) is 8.09. The number of aliphatic hydroxyl groups excluding tert-OH is 1. The average Bonchev–Trinajstić information content (AvgIpc) is 3.10. The van der Waals surface area contributed by atoms with Crippen LogP contribution in [0.2, 0.25) is 0 Å². The van der Waals surface area contributed by atoms with Gasteiger partial charge in [0.05, 0.1) is 12.3 Å². The lowest BCUT2D eigenvalue weighted by atomic mass is 9.86. The Morgan fingerprint density at radius 2 is 2.18 bits per heavy atom. The van der Waals surface area contributed by atoms with Crippen LogP contribution in [0.1, 0.15) is 37.0 Å². The molecule has 0 radical (unpaired) electrons. The summed E-state index contributed by atoms with van der Waals surface area (Å²) in [6.07, 6.45) is 6.18. The molecule has 2 aromatic rings. The van der Waals surface area contributed by atoms with Crippen LogP contribution >= 0.6 is 0 Å². The third kappa shape index (κ3) is 3.42. The molecule has 22 heavy (non-hydrogen) atoms. The van der Waals surface area contributed by atoms with E-state index >= 15 is 0 Å². The highest BCUT2D eigenvalue weighted by Gasteiger charge is 2.24. The van der Waals surface area contributed by atoms with Crippen LogP contribution in [-0.2, 0) is 6.54 Å². The highest BCUT2D eigenvalue weighted by Crippen LogP contribution is 2.27. The Morgan fingerprint density at radius 3 is 2.91 bits per heavy atom. The van der Waals surface area contributed by atoms with Crippen molar-refractivity contribution < 1.29 is 9.52 Å². The normalized spacial score (nSPS) is 22.4. The second kappa shape index (κ2) is 6.67. The Morgan fingerprint density at radius 1 is 1.36 bits per heavy atom. The van der Waals surface area contributed by atoms with Gasteiger partial charge in [0.15, 0.2) is 5.76 Å².